The summed E-state index contributed by atoms with van der Waals surface area (Å²) in [5.41, 5.74) is -0.354. The van der Waals surface area contributed by atoms with E-state index in [4.69, 9.17) is 4.74 Å². The molecule has 0 aliphatic carbocycles. The molecule has 2 amide bonds. The number of aryl methyl sites for hydroxylation is 1. The van der Waals surface area contributed by atoms with Crippen LogP contribution in [0.1, 0.15) is 34.3 Å². The fourth-order valence-electron chi connectivity index (χ4n) is 3.64. The van der Waals surface area contributed by atoms with Crippen molar-refractivity contribution in [1.29, 1.82) is 0 Å². The summed E-state index contributed by atoms with van der Waals surface area (Å²) in [5.74, 6) is -3.02. The van der Waals surface area contributed by atoms with Crippen molar-refractivity contribution in [1.82, 2.24) is 19.5 Å². The molecular weight excluding hydrogens is 496 g/mol. The number of aliphatic hydroxyl groups is 1. The van der Waals surface area contributed by atoms with Crippen LogP contribution in [-0.4, -0.2) is 88.8 Å². The second-order valence-corrected chi connectivity index (χ2v) is 9.51. The van der Waals surface area contributed by atoms with E-state index in [1.54, 1.807) is 0 Å². The van der Waals surface area contributed by atoms with Gasteiger partial charge in [-0.3, -0.25) is 5.32 Å². The van der Waals surface area contributed by atoms with Gasteiger partial charge in [0.25, 0.3) is 0 Å². The zero-order valence-electron chi connectivity index (χ0n) is 20.2. The molecule has 1 aliphatic rings. The average molecular weight is 528 g/mol. The van der Waals surface area contributed by atoms with Gasteiger partial charge in [-0.25, -0.2) is 18.4 Å². The summed E-state index contributed by atoms with van der Waals surface area (Å²) < 4.78 is 37.0. The van der Waals surface area contributed by atoms with Gasteiger partial charge in [-0.05, 0) is 56.0 Å². The zero-order chi connectivity index (χ0) is 26.2. The van der Waals surface area contributed by atoms with Gasteiger partial charge in [0.1, 0.15) is 23.2 Å². The van der Waals surface area contributed by atoms with Crippen molar-refractivity contribution in [2.75, 3.05) is 51.6 Å². The lowest BCUT2D eigenvalue weighted by molar-refractivity contribution is 0.0693. The third kappa shape index (κ3) is 7.82. The van der Waals surface area contributed by atoms with Crippen molar-refractivity contribution in [3.8, 4) is 5.88 Å². The maximum absolute atomic E-state index is 14.0. The highest BCUT2D eigenvalue weighted by atomic mass is 32.1. The SMILES string of the molecule is Cc1cc(F)c(COc2nsc(NC(=O)NCCC(O)CCN3CCN(C)CC3)c2C(=O)O)cc1F. The number of urea groups is 1. The number of nitrogens with zero attached hydrogens (tertiary/aromatic N) is 3. The van der Waals surface area contributed by atoms with Gasteiger partial charge < -0.3 is 30.1 Å². The summed E-state index contributed by atoms with van der Waals surface area (Å²) in [7, 11) is 2.08. The van der Waals surface area contributed by atoms with Gasteiger partial charge in [0, 0.05) is 44.8 Å². The zero-order valence-corrected chi connectivity index (χ0v) is 21.0. The number of amides is 2. The normalized spacial score (nSPS) is 15.5. The van der Waals surface area contributed by atoms with Crippen LogP contribution in [0.2, 0.25) is 0 Å². The lowest BCUT2D eigenvalue weighted by atomic mass is 10.1. The lowest BCUT2D eigenvalue weighted by Crippen LogP contribution is -2.45. The van der Waals surface area contributed by atoms with Crippen LogP contribution in [0.25, 0.3) is 0 Å². The Bertz CT molecular complexity index is 1060. The van der Waals surface area contributed by atoms with E-state index in [1.807, 2.05) is 0 Å². The van der Waals surface area contributed by atoms with Gasteiger partial charge in [-0.15, -0.1) is 0 Å². The van der Waals surface area contributed by atoms with Gasteiger partial charge >= 0.3 is 12.0 Å². The first-order chi connectivity index (χ1) is 17.1. The van der Waals surface area contributed by atoms with E-state index >= 15 is 0 Å². The van der Waals surface area contributed by atoms with Crippen LogP contribution in [0.4, 0.5) is 18.6 Å². The number of nitrogens with one attached hydrogen (secondary N) is 2. The molecule has 13 heteroatoms. The van der Waals surface area contributed by atoms with Gasteiger partial charge in [-0.1, -0.05) is 0 Å². The van der Waals surface area contributed by atoms with Crippen molar-refractivity contribution in [3.05, 3.63) is 40.5 Å². The molecular formula is C23H31F2N5O5S. The molecule has 3 rings (SSSR count). The van der Waals surface area contributed by atoms with E-state index < -0.39 is 41.9 Å². The maximum atomic E-state index is 14.0. The average Bonchev–Trinajstić information content (AvgIpc) is 3.22. The number of carboxylic acid groups (broad SMARTS) is 1. The molecule has 36 heavy (non-hydrogen) atoms. The number of anilines is 1. The molecule has 0 saturated carbocycles. The summed E-state index contributed by atoms with van der Waals surface area (Å²) >= 11 is 0.688. The van der Waals surface area contributed by atoms with E-state index in [0.29, 0.717) is 24.4 Å². The molecule has 1 aliphatic heterocycles. The van der Waals surface area contributed by atoms with E-state index in [-0.39, 0.29) is 28.6 Å². The Kier molecular flexibility index (Phi) is 9.93. The first-order valence-electron chi connectivity index (χ1n) is 11.6. The van der Waals surface area contributed by atoms with E-state index in [9.17, 15) is 28.6 Å². The highest BCUT2D eigenvalue weighted by Crippen LogP contribution is 2.31. The second-order valence-electron chi connectivity index (χ2n) is 8.74. The Labute approximate surface area is 212 Å². The number of aliphatic hydroxyl groups excluding tert-OH is 1. The summed E-state index contributed by atoms with van der Waals surface area (Å²) in [6.07, 6.45) is 0.370. The molecule has 1 saturated heterocycles. The number of halogens is 2. The van der Waals surface area contributed by atoms with E-state index in [2.05, 4.69) is 31.9 Å². The first kappa shape index (κ1) is 27.7. The van der Waals surface area contributed by atoms with E-state index in [1.165, 1.54) is 6.92 Å². The summed E-state index contributed by atoms with van der Waals surface area (Å²) in [6, 6.07) is 1.34. The van der Waals surface area contributed by atoms with Crippen LogP contribution in [0.3, 0.4) is 0 Å². The van der Waals surface area contributed by atoms with Crippen molar-refractivity contribution >= 4 is 28.5 Å². The fourth-order valence-corrected chi connectivity index (χ4v) is 4.36. The van der Waals surface area contributed by atoms with Gasteiger partial charge in [-0.2, -0.15) is 4.37 Å². The lowest BCUT2D eigenvalue weighted by Gasteiger charge is -2.32. The molecule has 1 fully saturated rings. The predicted octanol–water partition coefficient (Wildman–Crippen LogP) is 2.52. The summed E-state index contributed by atoms with van der Waals surface area (Å²) in [6.45, 7) is 5.89. The predicted molar refractivity (Wildman–Crippen MR) is 131 cm³/mol. The number of likely N-dealkylation sites (N-methyl/N-ethyl adjacent to an activating group) is 1. The molecule has 2 heterocycles. The number of hydrogen-bond acceptors (Lipinski definition) is 8. The Balaban J connectivity index is 1.46. The number of benzene rings is 1. The molecule has 0 radical (unpaired) electrons. The number of hydrogen-bond donors (Lipinski definition) is 4. The Morgan fingerprint density at radius 2 is 1.92 bits per heavy atom. The molecule has 198 valence electrons. The topological polar surface area (TPSA) is 127 Å². The summed E-state index contributed by atoms with van der Waals surface area (Å²) in [5, 5.41) is 24.7. The largest absolute Gasteiger partial charge is 0.477 e. The molecule has 0 bridgehead atoms. The molecule has 0 spiro atoms. The molecule has 1 aromatic heterocycles. The number of rotatable bonds is 11. The third-order valence-electron chi connectivity index (χ3n) is 5.93. The molecule has 1 atom stereocenters. The van der Waals surface area contributed by atoms with Crippen LogP contribution < -0.4 is 15.4 Å². The Morgan fingerprint density at radius 1 is 1.19 bits per heavy atom. The minimum atomic E-state index is -1.40. The minimum Gasteiger partial charge on any atom is -0.477 e. The first-order valence-corrected chi connectivity index (χ1v) is 12.4. The highest BCUT2D eigenvalue weighted by molar-refractivity contribution is 7.11. The number of carbonyl (C=O) groups is 2. The van der Waals surface area contributed by atoms with E-state index in [0.717, 1.165) is 44.9 Å². The number of carboxylic acids is 1. The van der Waals surface area contributed by atoms with Crippen molar-refractivity contribution in [2.24, 2.45) is 0 Å². The Hall–Kier alpha value is -2.87. The van der Waals surface area contributed by atoms with Crippen LogP contribution in [0.5, 0.6) is 5.88 Å². The maximum Gasteiger partial charge on any atom is 0.344 e. The monoisotopic (exact) mass is 527 g/mol. The van der Waals surface area contributed by atoms with Crippen LogP contribution in [0, 0.1) is 18.6 Å². The molecule has 10 nitrogen and oxygen atoms in total. The van der Waals surface area contributed by atoms with Gasteiger partial charge in [0.15, 0.2) is 5.56 Å². The molecule has 1 unspecified atom stereocenters. The number of ether oxygens (including phenoxy) is 1. The number of piperazine rings is 1. The molecule has 2 aromatic rings. The number of aromatic nitrogens is 1. The van der Waals surface area contributed by atoms with Crippen molar-refractivity contribution in [2.45, 2.75) is 32.5 Å². The number of carbonyl (C=O) groups excluding carboxylic acids is 1. The highest BCUT2D eigenvalue weighted by Gasteiger charge is 2.24. The van der Waals surface area contributed by atoms with Crippen molar-refractivity contribution in [3.63, 3.8) is 0 Å². The third-order valence-corrected chi connectivity index (χ3v) is 6.68. The Morgan fingerprint density at radius 3 is 2.61 bits per heavy atom. The smallest absolute Gasteiger partial charge is 0.344 e. The van der Waals surface area contributed by atoms with Crippen LogP contribution >= 0.6 is 11.5 Å². The standard InChI is InChI=1S/C23H31F2N5O5S/c1-14-11-18(25)15(12-17(14)24)13-35-20-19(22(32)33)21(36-28-20)27-23(34)26-5-3-16(31)4-6-30-9-7-29(2)8-10-30/h11-12,16,31H,3-10,13H2,1-2H3,(H,32,33)(H2,26,27,34). The molecule has 4 N–H and O–H groups in total. The fraction of sp³-hybridized carbons (Fsp3) is 0.522. The van der Waals surface area contributed by atoms with Gasteiger partial charge in [0.2, 0.25) is 5.88 Å². The van der Waals surface area contributed by atoms with Crippen molar-refractivity contribution < 1.29 is 33.3 Å². The van der Waals surface area contributed by atoms with Gasteiger partial charge in [0.05, 0.1) is 6.10 Å². The second kappa shape index (κ2) is 12.9. The minimum absolute atomic E-state index is 0.0684. The number of aromatic carboxylic acids is 1. The quantitative estimate of drug-likeness (QED) is 0.351. The van der Waals surface area contributed by atoms with Crippen LogP contribution in [0.15, 0.2) is 12.1 Å². The van der Waals surface area contributed by atoms with Crippen LogP contribution in [-0.2, 0) is 6.61 Å². The summed E-state index contributed by atoms with van der Waals surface area (Å²) in [4.78, 5) is 28.5. The molecule has 1 aromatic carbocycles.